The van der Waals surface area contributed by atoms with Crippen LogP contribution >= 0.6 is 0 Å². The maximum atomic E-state index is 11.4. The van der Waals surface area contributed by atoms with E-state index in [4.69, 9.17) is 0 Å². The van der Waals surface area contributed by atoms with E-state index in [1.54, 1.807) is 6.92 Å². The van der Waals surface area contributed by atoms with Crippen LogP contribution < -0.4 is 4.90 Å². The molecule has 0 saturated heterocycles. The van der Waals surface area contributed by atoms with Crippen molar-refractivity contribution in [1.29, 1.82) is 0 Å². The molecule has 1 N–H and O–H groups in total. The number of carboxylic acids is 1. The zero-order valence-corrected chi connectivity index (χ0v) is 10.4. The Morgan fingerprint density at radius 3 is 2.95 bits per heavy atom. The lowest BCUT2D eigenvalue weighted by Crippen LogP contribution is -2.38. The predicted octanol–water partition coefficient (Wildman–Crippen LogP) is 1.39. The molecule has 1 unspecified atom stereocenters. The van der Waals surface area contributed by atoms with Crippen molar-refractivity contribution in [3.8, 4) is 0 Å². The first-order valence-corrected chi connectivity index (χ1v) is 6.02. The zero-order chi connectivity index (χ0) is 13.4. The molecule has 0 spiro atoms. The average Bonchev–Trinajstić information content (AvgIpc) is 2.95. The summed E-state index contributed by atoms with van der Waals surface area (Å²) < 4.78 is 4.67. The van der Waals surface area contributed by atoms with Gasteiger partial charge in [-0.1, -0.05) is 28.5 Å². The number of rotatable bonds is 3. The van der Waals surface area contributed by atoms with Gasteiger partial charge in [-0.15, -0.1) is 0 Å². The number of aromatic nitrogens is 2. The van der Waals surface area contributed by atoms with Crippen molar-refractivity contribution < 1.29 is 14.5 Å². The summed E-state index contributed by atoms with van der Waals surface area (Å²) in [5.74, 6) is -0.828. The lowest BCUT2D eigenvalue weighted by Gasteiger charge is -2.23. The van der Waals surface area contributed by atoms with Gasteiger partial charge in [0, 0.05) is 12.1 Å². The first-order valence-electron chi connectivity index (χ1n) is 6.02. The second kappa shape index (κ2) is 4.38. The number of fused-ring (bicyclic) bond motifs is 1. The molecule has 6 nitrogen and oxygen atoms in total. The normalized spacial score (nSPS) is 17.5. The Kier molecular flexibility index (Phi) is 2.70. The summed E-state index contributed by atoms with van der Waals surface area (Å²) in [5, 5.41) is 16.9. The minimum absolute atomic E-state index is 0.392. The van der Waals surface area contributed by atoms with Gasteiger partial charge in [-0.3, -0.25) is 0 Å². The first-order chi connectivity index (χ1) is 9.16. The van der Waals surface area contributed by atoms with E-state index in [1.807, 2.05) is 29.2 Å². The van der Waals surface area contributed by atoms with E-state index in [2.05, 4.69) is 14.9 Å². The van der Waals surface area contributed by atoms with Crippen molar-refractivity contribution in [2.24, 2.45) is 0 Å². The third-order valence-corrected chi connectivity index (χ3v) is 3.44. The predicted molar refractivity (Wildman–Crippen MR) is 66.8 cm³/mol. The number of hydrogen-bond donors (Lipinski definition) is 1. The van der Waals surface area contributed by atoms with Crippen molar-refractivity contribution in [2.75, 3.05) is 4.90 Å². The molecule has 1 aromatic heterocycles. The summed E-state index contributed by atoms with van der Waals surface area (Å²) in [4.78, 5) is 13.2. The number of nitrogens with zero attached hydrogens (tertiary/aromatic N) is 3. The van der Waals surface area contributed by atoms with Gasteiger partial charge in [-0.25, -0.2) is 9.42 Å². The third-order valence-electron chi connectivity index (χ3n) is 3.44. The van der Waals surface area contributed by atoms with Gasteiger partial charge in [0.05, 0.1) is 6.54 Å². The smallest absolute Gasteiger partial charge is 0.326 e. The SMILES string of the molecule is Cc1nonc1CN1c2ccccc2CC1C(=O)O. The second-order valence-electron chi connectivity index (χ2n) is 4.61. The summed E-state index contributed by atoms with van der Waals surface area (Å²) in [6.45, 7) is 2.19. The van der Waals surface area contributed by atoms with Gasteiger partial charge < -0.3 is 10.0 Å². The maximum absolute atomic E-state index is 11.4. The highest BCUT2D eigenvalue weighted by Gasteiger charge is 2.34. The fourth-order valence-corrected chi connectivity index (χ4v) is 2.42. The Labute approximate surface area is 109 Å². The van der Waals surface area contributed by atoms with Crippen LogP contribution in [0.1, 0.15) is 17.0 Å². The molecule has 0 bridgehead atoms. The summed E-state index contributed by atoms with van der Waals surface area (Å²) in [6, 6.07) is 7.16. The van der Waals surface area contributed by atoms with Crippen LogP contribution in [0.2, 0.25) is 0 Å². The number of carboxylic acid groups (broad SMARTS) is 1. The van der Waals surface area contributed by atoms with Gasteiger partial charge in [0.1, 0.15) is 17.4 Å². The number of hydrogen-bond acceptors (Lipinski definition) is 5. The molecule has 6 heteroatoms. The number of para-hydroxylation sites is 1. The Bertz CT molecular complexity index is 623. The molecule has 1 aliphatic heterocycles. The Hall–Kier alpha value is -2.37. The minimum Gasteiger partial charge on any atom is -0.480 e. The van der Waals surface area contributed by atoms with Crippen LogP contribution in [0.15, 0.2) is 28.9 Å². The van der Waals surface area contributed by atoms with E-state index in [9.17, 15) is 9.90 Å². The van der Waals surface area contributed by atoms with Crippen LogP contribution in [0.5, 0.6) is 0 Å². The largest absolute Gasteiger partial charge is 0.480 e. The zero-order valence-electron chi connectivity index (χ0n) is 10.4. The van der Waals surface area contributed by atoms with Gasteiger partial charge in [0.2, 0.25) is 0 Å². The first kappa shape index (κ1) is 11.7. The lowest BCUT2D eigenvalue weighted by molar-refractivity contribution is -0.138. The van der Waals surface area contributed by atoms with Crippen molar-refractivity contribution in [1.82, 2.24) is 10.3 Å². The molecule has 0 amide bonds. The molecule has 1 aromatic carbocycles. The fourth-order valence-electron chi connectivity index (χ4n) is 2.42. The second-order valence-corrected chi connectivity index (χ2v) is 4.61. The van der Waals surface area contributed by atoms with Gasteiger partial charge in [-0.2, -0.15) is 0 Å². The molecule has 3 rings (SSSR count). The van der Waals surface area contributed by atoms with E-state index in [0.29, 0.717) is 24.4 Å². The molecular formula is C13H13N3O3. The number of aliphatic carboxylic acids is 1. The van der Waals surface area contributed by atoms with Crippen LogP contribution in [0.25, 0.3) is 0 Å². The standard InChI is InChI=1S/C13H13N3O3/c1-8-10(15-19-14-8)7-16-11-5-3-2-4-9(11)6-12(16)13(17)18/h2-5,12H,6-7H2,1H3,(H,17,18). The Balaban J connectivity index is 1.96. The fraction of sp³-hybridized carbons (Fsp3) is 0.308. The van der Waals surface area contributed by atoms with E-state index in [0.717, 1.165) is 11.3 Å². The highest BCUT2D eigenvalue weighted by molar-refractivity contribution is 5.82. The summed E-state index contributed by atoms with van der Waals surface area (Å²) in [6.07, 6.45) is 0.510. The molecule has 98 valence electrons. The third kappa shape index (κ3) is 1.95. The van der Waals surface area contributed by atoms with E-state index in [-0.39, 0.29) is 0 Å². The highest BCUT2D eigenvalue weighted by atomic mass is 16.6. The molecule has 2 heterocycles. The van der Waals surface area contributed by atoms with Crippen molar-refractivity contribution in [2.45, 2.75) is 25.9 Å². The van der Waals surface area contributed by atoms with Crippen molar-refractivity contribution in [3.05, 3.63) is 41.2 Å². The minimum atomic E-state index is -0.828. The molecule has 1 aliphatic rings. The van der Waals surface area contributed by atoms with Crippen LogP contribution in [-0.2, 0) is 17.8 Å². The van der Waals surface area contributed by atoms with Crippen LogP contribution in [0.4, 0.5) is 5.69 Å². The Morgan fingerprint density at radius 1 is 1.47 bits per heavy atom. The van der Waals surface area contributed by atoms with Gasteiger partial charge in [0.15, 0.2) is 0 Å². The lowest BCUT2D eigenvalue weighted by atomic mass is 10.1. The number of carbonyl (C=O) groups is 1. The van der Waals surface area contributed by atoms with Crippen LogP contribution in [-0.4, -0.2) is 27.4 Å². The monoisotopic (exact) mass is 259 g/mol. The molecule has 1 atom stereocenters. The molecule has 0 radical (unpaired) electrons. The maximum Gasteiger partial charge on any atom is 0.326 e. The van der Waals surface area contributed by atoms with E-state index < -0.39 is 12.0 Å². The van der Waals surface area contributed by atoms with Gasteiger partial charge in [0.25, 0.3) is 0 Å². The number of benzene rings is 1. The average molecular weight is 259 g/mol. The van der Waals surface area contributed by atoms with Crippen molar-refractivity contribution in [3.63, 3.8) is 0 Å². The van der Waals surface area contributed by atoms with Gasteiger partial charge in [-0.05, 0) is 18.6 Å². The van der Waals surface area contributed by atoms with E-state index >= 15 is 0 Å². The van der Waals surface area contributed by atoms with Crippen molar-refractivity contribution >= 4 is 11.7 Å². The van der Waals surface area contributed by atoms with Gasteiger partial charge >= 0.3 is 5.97 Å². The topological polar surface area (TPSA) is 79.5 Å². The summed E-state index contributed by atoms with van der Waals surface area (Å²) in [5.41, 5.74) is 3.35. The summed E-state index contributed by atoms with van der Waals surface area (Å²) in [7, 11) is 0. The quantitative estimate of drug-likeness (QED) is 0.897. The number of anilines is 1. The molecule has 0 aliphatic carbocycles. The molecule has 19 heavy (non-hydrogen) atoms. The molecule has 0 saturated carbocycles. The summed E-state index contributed by atoms with van der Waals surface area (Å²) >= 11 is 0. The number of aryl methyl sites for hydroxylation is 1. The van der Waals surface area contributed by atoms with Crippen LogP contribution in [0, 0.1) is 6.92 Å². The molecule has 2 aromatic rings. The van der Waals surface area contributed by atoms with Crippen LogP contribution in [0.3, 0.4) is 0 Å². The Morgan fingerprint density at radius 2 is 2.26 bits per heavy atom. The molecule has 0 fully saturated rings. The molecular weight excluding hydrogens is 246 g/mol. The van der Waals surface area contributed by atoms with E-state index in [1.165, 1.54) is 0 Å². The highest BCUT2D eigenvalue weighted by Crippen LogP contribution is 2.33.